The lowest BCUT2D eigenvalue weighted by Crippen LogP contribution is -2.49. The highest BCUT2D eigenvalue weighted by molar-refractivity contribution is 5.73. The lowest BCUT2D eigenvalue weighted by molar-refractivity contribution is -0.146. The molecule has 3 rings (SSSR count). The molecular formula is C17H17NO3. The summed E-state index contributed by atoms with van der Waals surface area (Å²) in [6.45, 7) is 0.165. The molecule has 0 aromatic heterocycles. The number of morpholine rings is 1. The van der Waals surface area contributed by atoms with Crippen LogP contribution in [0.5, 0.6) is 0 Å². The van der Waals surface area contributed by atoms with Gasteiger partial charge in [-0.05, 0) is 11.1 Å². The van der Waals surface area contributed by atoms with Gasteiger partial charge in [-0.15, -0.1) is 0 Å². The fraction of sp³-hybridized carbons (Fsp3) is 0.235. The van der Waals surface area contributed by atoms with Gasteiger partial charge in [-0.1, -0.05) is 60.7 Å². The van der Waals surface area contributed by atoms with E-state index in [0.717, 1.165) is 11.1 Å². The molecule has 0 spiro atoms. The number of hydrogen-bond donors (Lipinski definition) is 2. The molecule has 1 aliphatic rings. The first-order valence-corrected chi connectivity index (χ1v) is 6.96. The van der Waals surface area contributed by atoms with Gasteiger partial charge in [0.15, 0.2) is 0 Å². The highest BCUT2D eigenvalue weighted by atomic mass is 16.5. The molecule has 1 fully saturated rings. The van der Waals surface area contributed by atoms with Crippen molar-refractivity contribution < 1.29 is 14.6 Å². The van der Waals surface area contributed by atoms with Gasteiger partial charge in [0.1, 0.15) is 12.1 Å². The van der Waals surface area contributed by atoms with Crippen LogP contribution < -0.4 is 5.32 Å². The van der Waals surface area contributed by atoms with E-state index in [9.17, 15) is 9.90 Å². The van der Waals surface area contributed by atoms with Crippen LogP contribution in [0.4, 0.5) is 0 Å². The molecule has 0 aliphatic carbocycles. The number of benzene rings is 2. The van der Waals surface area contributed by atoms with E-state index < -0.39 is 12.0 Å². The van der Waals surface area contributed by atoms with Crippen LogP contribution >= 0.6 is 0 Å². The molecular weight excluding hydrogens is 266 g/mol. The Hall–Kier alpha value is -2.17. The molecule has 1 aliphatic heterocycles. The van der Waals surface area contributed by atoms with Crippen molar-refractivity contribution in [2.24, 2.45) is 0 Å². The molecule has 108 valence electrons. The summed E-state index contributed by atoms with van der Waals surface area (Å²) in [5.74, 6) is -0.887. The largest absolute Gasteiger partial charge is 0.480 e. The minimum Gasteiger partial charge on any atom is -0.480 e. The van der Waals surface area contributed by atoms with Gasteiger partial charge in [-0.3, -0.25) is 10.1 Å². The third kappa shape index (κ3) is 2.96. The van der Waals surface area contributed by atoms with E-state index in [4.69, 9.17) is 4.74 Å². The van der Waals surface area contributed by atoms with Crippen molar-refractivity contribution in [3.05, 3.63) is 71.8 Å². The molecule has 0 radical (unpaired) electrons. The van der Waals surface area contributed by atoms with Gasteiger partial charge in [0.25, 0.3) is 0 Å². The zero-order chi connectivity index (χ0) is 14.7. The Morgan fingerprint density at radius 2 is 1.57 bits per heavy atom. The predicted octanol–water partition coefficient (Wildman–Crippen LogP) is 2.54. The van der Waals surface area contributed by atoms with Crippen LogP contribution in [-0.4, -0.2) is 23.7 Å². The van der Waals surface area contributed by atoms with Gasteiger partial charge in [0, 0.05) is 0 Å². The average Bonchev–Trinajstić information content (AvgIpc) is 2.56. The SMILES string of the molecule is O=C(O)C1COC(c2ccccc2)C(c2ccccc2)N1. The minimum atomic E-state index is -0.887. The van der Waals surface area contributed by atoms with Crippen LogP contribution in [0.1, 0.15) is 23.3 Å². The highest BCUT2D eigenvalue weighted by Crippen LogP contribution is 2.35. The Kier molecular flexibility index (Phi) is 3.99. The number of carbonyl (C=O) groups is 1. The van der Waals surface area contributed by atoms with Crippen molar-refractivity contribution >= 4 is 5.97 Å². The summed E-state index contributed by atoms with van der Waals surface area (Å²) < 4.78 is 5.86. The number of nitrogens with one attached hydrogen (secondary N) is 1. The zero-order valence-corrected chi connectivity index (χ0v) is 11.5. The Morgan fingerprint density at radius 3 is 2.14 bits per heavy atom. The first-order chi connectivity index (χ1) is 10.3. The van der Waals surface area contributed by atoms with E-state index in [1.807, 2.05) is 60.7 Å². The molecule has 0 saturated carbocycles. The van der Waals surface area contributed by atoms with Gasteiger partial charge in [-0.25, -0.2) is 0 Å². The normalized spacial score (nSPS) is 25.4. The lowest BCUT2D eigenvalue weighted by atomic mass is 9.93. The second-order valence-electron chi connectivity index (χ2n) is 5.11. The Balaban J connectivity index is 1.93. The maximum Gasteiger partial charge on any atom is 0.323 e. The van der Waals surface area contributed by atoms with Crippen molar-refractivity contribution in [2.75, 3.05) is 6.61 Å². The van der Waals surface area contributed by atoms with Crippen molar-refractivity contribution in [3.63, 3.8) is 0 Å². The van der Waals surface area contributed by atoms with Gasteiger partial charge in [0.05, 0.1) is 12.6 Å². The van der Waals surface area contributed by atoms with Crippen LogP contribution in [0, 0.1) is 0 Å². The van der Waals surface area contributed by atoms with Crippen LogP contribution in [0.25, 0.3) is 0 Å². The fourth-order valence-corrected chi connectivity index (χ4v) is 2.65. The quantitative estimate of drug-likeness (QED) is 0.909. The van der Waals surface area contributed by atoms with E-state index in [2.05, 4.69) is 5.32 Å². The molecule has 3 unspecified atom stereocenters. The summed E-state index contributed by atoms with van der Waals surface area (Å²) in [7, 11) is 0. The van der Waals surface area contributed by atoms with Crippen molar-refractivity contribution in [1.29, 1.82) is 0 Å². The van der Waals surface area contributed by atoms with E-state index in [-0.39, 0.29) is 18.8 Å². The molecule has 21 heavy (non-hydrogen) atoms. The maximum absolute atomic E-state index is 11.2. The summed E-state index contributed by atoms with van der Waals surface area (Å²) in [6, 6.07) is 18.8. The fourth-order valence-electron chi connectivity index (χ4n) is 2.65. The first kappa shape index (κ1) is 13.8. The van der Waals surface area contributed by atoms with Crippen LogP contribution in [0.15, 0.2) is 60.7 Å². The maximum atomic E-state index is 11.2. The summed E-state index contributed by atoms with van der Waals surface area (Å²) >= 11 is 0. The monoisotopic (exact) mass is 283 g/mol. The molecule has 1 saturated heterocycles. The smallest absolute Gasteiger partial charge is 0.323 e. The molecule has 0 bridgehead atoms. The minimum absolute atomic E-state index is 0.165. The van der Waals surface area contributed by atoms with Gasteiger partial charge in [-0.2, -0.15) is 0 Å². The van der Waals surface area contributed by atoms with Gasteiger partial charge < -0.3 is 9.84 Å². The Bertz CT molecular complexity index is 600. The summed E-state index contributed by atoms with van der Waals surface area (Å²) in [6.07, 6.45) is -0.191. The molecule has 2 aromatic carbocycles. The topological polar surface area (TPSA) is 58.6 Å². The van der Waals surface area contributed by atoms with Gasteiger partial charge in [0.2, 0.25) is 0 Å². The molecule has 1 heterocycles. The van der Waals surface area contributed by atoms with Crippen molar-refractivity contribution in [3.8, 4) is 0 Å². The van der Waals surface area contributed by atoms with E-state index in [0.29, 0.717) is 0 Å². The number of aliphatic carboxylic acids is 1. The molecule has 4 heteroatoms. The third-order valence-electron chi connectivity index (χ3n) is 3.71. The first-order valence-electron chi connectivity index (χ1n) is 6.96. The Labute approximate surface area is 123 Å². The second-order valence-corrected chi connectivity index (χ2v) is 5.11. The number of rotatable bonds is 3. The number of hydrogen-bond acceptors (Lipinski definition) is 3. The standard InChI is InChI=1S/C17H17NO3/c19-17(20)14-11-21-16(13-9-5-2-6-10-13)15(18-14)12-7-3-1-4-8-12/h1-10,14-16,18H,11H2,(H,19,20). The van der Waals surface area contributed by atoms with Gasteiger partial charge >= 0.3 is 5.97 Å². The zero-order valence-electron chi connectivity index (χ0n) is 11.5. The van der Waals surface area contributed by atoms with Crippen LogP contribution in [0.3, 0.4) is 0 Å². The Morgan fingerprint density at radius 1 is 1.00 bits per heavy atom. The highest BCUT2D eigenvalue weighted by Gasteiger charge is 2.35. The molecule has 4 nitrogen and oxygen atoms in total. The number of carboxylic acid groups (broad SMARTS) is 1. The lowest BCUT2D eigenvalue weighted by Gasteiger charge is -2.36. The van der Waals surface area contributed by atoms with Crippen LogP contribution in [0.2, 0.25) is 0 Å². The summed E-state index contributed by atoms with van der Waals surface area (Å²) in [5, 5.41) is 12.4. The van der Waals surface area contributed by atoms with Crippen LogP contribution in [-0.2, 0) is 9.53 Å². The molecule has 3 atom stereocenters. The van der Waals surface area contributed by atoms with Crippen molar-refractivity contribution in [1.82, 2.24) is 5.32 Å². The third-order valence-corrected chi connectivity index (χ3v) is 3.71. The summed E-state index contributed by atoms with van der Waals surface area (Å²) in [4.78, 5) is 11.2. The molecule has 2 aromatic rings. The summed E-state index contributed by atoms with van der Waals surface area (Å²) in [5.41, 5.74) is 2.07. The predicted molar refractivity (Wildman–Crippen MR) is 78.9 cm³/mol. The van der Waals surface area contributed by atoms with Crippen molar-refractivity contribution in [2.45, 2.75) is 18.2 Å². The van der Waals surface area contributed by atoms with E-state index in [1.165, 1.54) is 0 Å². The second kappa shape index (κ2) is 6.08. The van der Waals surface area contributed by atoms with E-state index >= 15 is 0 Å². The number of carboxylic acids is 1. The molecule has 0 amide bonds. The molecule has 2 N–H and O–H groups in total. The van der Waals surface area contributed by atoms with E-state index in [1.54, 1.807) is 0 Å². The number of ether oxygens (including phenoxy) is 1. The average molecular weight is 283 g/mol.